The summed E-state index contributed by atoms with van der Waals surface area (Å²) >= 11 is 8.15. The highest BCUT2D eigenvalue weighted by Crippen LogP contribution is 1.68. The SMILES string of the molecule is NC(=S)CS. The van der Waals surface area contributed by atoms with E-state index in [0.29, 0.717) is 10.7 Å². The quantitative estimate of drug-likeness (QED) is 0.370. The summed E-state index contributed by atoms with van der Waals surface area (Å²) in [7, 11) is 0. The second-order valence-corrected chi connectivity index (χ2v) is 1.47. The second-order valence-electron chi connectivity index (χ2n) is 0.624. The van der Waals surface area contributed by atoms with E-state index in [4.69, 9.17) is 5.73 Å². The van der Waals surface area contributed by atoms with E-state index < -0.39 is 0 Å². The minimum Gasteiger partial charge on any atom is -0.393 e. The molecule has 0 fully saturated rings. The normalized spacial score (nSPS) is 7.40. The van der Waals surface area contributed by atoms with Crippen LogP contribution >= 0.6 is 24.8 Å². The summed E-state index contributed by atoms with van der Waals surface area (Å²) in [5, 5.41) is 0. The number of thiocarbonyl (C=S) groups is 1. The Bertz CT molecular complexity index is 42.9. The Morgan fingerprint density at radius 2 is 2.20 bits per heavy atom. The van der Waals surface area contributed by atoms with E-state index in [9.17, 15) is 0 Å². The molecular weight excluding hydrogens is 102 g/mol. The standard InChI is InChI=1S/C2H5NS2/c3-2(5)1-4/h4H,1H2,(H2,3,5). The molecule has 0 radical (unpaired) electrons. The van der Waals surface area contributed by atoms with Crippen LogP contribution in [0.25, 0.3) is 0 Å². The van der Waals surface area contributed by atoms with Gasteiger partial charge in [-0.25, -0.2) is 0 Å². The first kappa shape index (κ1) is 5.24. The number of nitrogens with two attached hydrogens (primary N) is 1. The first-order chi connectivity index (χ1) is 2.27. The highest BCUT2D eigenvalue weighted by molar-refractivity contribution is 7.86. The Kier molecular flexibility index (Phi) is 2.59. The maximum Gasteiger partial charge on any atom is 0.0825 e. The fraction of sp³-hybridized carbons (Fsp3) is 0.500. The molecule has 5 heavy (non-hydrogen) atoms. The van der Waals surface area contributed by atoms with Crippen LogP contribution in [0.5, 0.6) is 0 Å². The van der Waals surface area contributed by atoms with E-state index in [1.54, 1.807) is 0 Å². The molecule has 0 aromatic heterocycles. The number of hydrogen-bond donors (Lipinski definition) is 2. The molecule has 0 spiro atoms. The topological polar surface area (TPSA) is 26.0 Å². The monoisotopic (exact) mass is 107 g/mol. The van der Waals surface area contributed by atoms with Crippen LogP contribution in [0.15, 0.2) is 0 Å². The lowest BCUT2D eigenvalue weighted by Gasteiger charge is -1.77. The highest BCUT2D eigenvalue weighted by atomic mass is 32.1. The lowest BCUT2D eigenvalue weighted by atomic mass is 10.8. The highest BCUT2D eigenvalue weighted by Gasteiger charge is 1.72. The van der Waals surface area contributed by atoms with E-state index in [2.05, 4.69) is 24.8 Å². The van der Waals surface area contributed by atoms with Crippen LogP contribution in [0.3, 0.4) is 0 Å². The summed E-state index contributed by atoms with van der Waals surface area (Å²) in [6.45, 7) is 0. The molecule has 2 N–H and O–H groups in total. The minimum atomic E-state index is 0.452. The number of hydrogen-bond acceptors (Lipinski definition) is 2. The molecule has 0 aliphatic carbocycles. The van der Waals surface area contributed by atoms with Gasteiger partial charge in [0, 0.05) is 5.75 Å². The minimum absolute atomic E-state index is 0.452. The summed E-state index contributed by atoms with van der Waals surface area (Å²) in [6, 6.07) is 0. The molecule has 0 unspecified atom stereocenters. The summed E-state index contributed by atoms with van der Waals surface area (Å²) in [6.07, 6.45) is 0. The van der Waals surface area contributed by atoms with E-state index in [1.165, 1.54) is 0 Å². The Hall–Kier alpha value is 0.240. The predicted molar refractivity (Wildman–Crippen MR) is 30.6 cm³/mol. The van der Waals surface area contributed by atoms with Crippen molar-refractivity contribution >= 4 is 29.8 Å². The van der Waals surface area contributed by atoms with Gasteiger partial charge in [0.05, 0.1) is 4.99 Å². The zero-order chi connectivity index (χ0) is 4.28. The maximum absolute atomic E-state index is 4.95. The van der Waals surface area contributed by atoms with Gasteiger partial charge in [0.1, 0.15) is 0 Å². The van der Waals surface area contributed by atoms with Crippen LogP contribution in [0.1, 0.15) is 0 Å². The van der Waals surface area contributed by atoms with Crippen molar-refractivity contribution in [2.45, 2.75) is 0 Å². The van der Waals surface area contributed by atoms with Crippen molar-refractivity contribution < 1.29 is 0 Å². The molecule has 0 heterocycles. The Morgan fingerprint density at radius 3 is 2.20 bits per heavy atom. The Labute approximate surface area is 42.0 Å². The van der Waals surface area contributed by atoms with E-state index in [1.807, 2.05) is 0 Å². The van der Waals surface area contributed by atoms with Gasteiger partial charge in [0.25, 0.3) is 0 Å². The van der Waals surface area contributed by atoms with Gasteiger partial charge >= 0.3 is 0 Å². The van der Waals surface area contributed by atoms with E-state index >= 15 is 0 Å². The van der Waals surface area contributed by atoms with Gasteiger partial charge in [-0.1, -0.05) is 12.2 Å². The fourth-order valence-corrected chi connectivity index (χ4v) is 0. The van der Waals surface area contributed by atoms with Crippen LogP contribution in [-0.4, -0.2) is 10.7 Å². The van der Waals surface area contributed by atoms with Gasteiger partial charge in [0.2, 0.25) is 0 Å². The molecule has 0 aromatic carbocycles. The molecule has 0 amide bonds. The summed E-state index contributed by atoms with van der Waals surface area (Å²) in [4.78, 5) is 0.452. The van der Waals surface area contributed by atoms with Gasteiger partial charge in [-0.2, -0.15) is 12.6 Å². The molecule has 1 nitrogen and oxygen atoms in total. The first-order valence-corrected chi connectivity index (χ1v) is 2.20. The summed E-state index contributed by atoms with van der Waals surface area (Å²) in [5.74, 6) is 0.509. The van der Waals surface area contributed by atoms with Crippen molar-refractivity contribution in [3.63, 3.8) is 0 Å². The second kappa shape index (κ2) is 2.48. The third-order valence-corrected chi connectivity index (χ3v) is 0.855. The largest absolute Gasteiger partial charge is 0.393 e. The average molecular weight is 107 g/mol. The van der Waals surface area contributed by atoms with E-state index in [0.717, 1.165) is 0 Å². The maximum atomic E-state index is 4.95. The van der Waals surface area contributed by atoms with Gasteiger partial charge < -0.3 is 5.73 Å². The van der Waals surface area contributed by atoms with Gasteiger partial charge in [0.15, 0.2) is 0 Å². The zero-order valence-electron chi connectivity index (χ0n) is 2.64. The average Bonchev–Trinajstić information content (AvgIpc) is 1.38. The summed E-state index contributed by atoms with van der Waals surface area (Å²) < 4.78 is 0. The molecular formula is C2H5NS2. The molecule has 0 aliphatic heterocycles. The van der Waals surface area contributed by atoms with Crippen LogP contribution in [0.2, 0.25) is 0 Å². The zero-order valence-corrected chi connectivity index (χ0v) is 4.35. The number of rotatable bonds is 1. The molecule has 0 saturated carbocycles. The molecule has 0 saturated heterocycles. The molecule has 0 bridgehead atoms. The smallest absolute Gasteiger partial charge is 0.0825 e. The third-order valence-electron chi connectivity index (χ3n) is 0.156. The Balaban J connectivity index is 2.85. The van der Waals surface area contributed by atoms with Crippen LogP contribution in [0.4, 0.5) is 0 Å². The van der Waals surface area contributed by atoms with Gasteiger partial charge in [-0.05, 0) is 0 Å². The lowest BCUT2D eigenvalue weighted by molar-refractivity contribution is 1.75. The Morgan fingerprint density at radius 1 is 2.00 bits per heavy atom. The van der Waals surface area contributed by atoms with Crippen molar-refractivity contribution in [3.8, 4) is 0 Å². The molecule has 0 rings (SSSR count). The summed E-state index contributed by atoms with van der Waals surface area (Å²) in [5.41, 5.74) is 4.95. The van der Waals surface area contributed by atoms with Crippen LogP contribution in [-0.2, 0) is 0 Å². The predicted octanol–water partition coefficient (Wildman–Crippen LogP) is 0.202. The van der Waals surface area contributed by atoms with Crippen molar-refractivity contribution in [2.24, 2.45) is 5.73 Å². The molecule has 0 aromatic rings. The van der Waals surface area contributed by atoms with Crippen molar-refractivity contribution in [3.05, 3.63) is 0 Å². The molecule has 0 aliphatic rings. The number of thiol groups is 1. The fourth-order valence-electron chi connectivity index (χ4n) is 0. The third kappa shape index (κ3) is 4.24. The molecule has 30 valence electrons. The first-order valence-electron chi connectivity index (χ1n) is 1.16. The van der Waals surface area contributed by atoms with Crippen molar-refractivity contribution in [1.82, 2.24) is 0 Å². The van der Waals surface area contributed by atoms with E-state index in [-0.39, 0.29) is 0 Å². The van der Waals surface area contributed by atoms with Crippen LogP contribution in [0, 0.1) is 0 Å². The van der Waals surface area contributed by atoms with Gasteiger partial charge in [-0.3, -0.25) is 0 Å². The van der Waals surface area contributed by atoms with Gasteiger partial charge in [-0.15, -0.1) is 0 Å². The molecule has 0 atom stereocenters. The van der Waals surface area contributed by atoms with Crippen molar-refractivity contribution in [2.75, 3.05) is 5.75 Å². The van der Waals surface area contributed by atoms with Crippen molar-refractivity contribution in [1.29, 1.82) is 0 Å². The lowest BCUT2D eigenvalue weighted by Crippen LogP contribution is -2.07. The van der Waals surface area contributed by atoms with Crippen LogP contribution < -0.4 is 5.73 Å². The molecule has 3 heteroatoms.